The summed E-state index contributed by atoms with van der Waals surface area (Å²) in [5.41, 5.74) is 4.36. The minimum absolute atomic E-state index is 0.476. The van der Waals surface area contributed by atoms with Crippen LogP contribution in [0.5, 0.6) is 5.75 Å². The Morgan fingerprint density at radius 1 is 1.00 bits per heavy atom. The molecule has 0 N–H and O–H groups in total. The predicted octanol–water partition coefficient (Wildman–Crippen LogP) is 4.07. The van der Waals surface area contributed by atoms with Crippen molar-refractivity contribution in [3.8, 4) is 11.4 Å². The number of hydrogen-bond acceptors (Lipinski definition) is 2. The molecule has 3 rings (SSSR count). The molecule has 0 amide bonds. The molecule has 1 aromatic heterocycles. The molecule has 0 fully saturated rings. The number of nitrogens with zero attached hydrogens (tertiary/aromatic N) is 2. The minimum atomic E-state index is 0.476. The van der Waals surface area contributed by atoms with Crippen LogP contribution >= 0.6 is 0 Å². The fraction of sp³-hybridized carbons (Fsp3) is 0.167. The lowest BCUT2D eigenvalue weighted by Gasteiger charge is -2.08. The zero-order valence-electron chi connectivity index (χ0n) is 12.3. The van der Waals surface area contributed by atoms with Crippen molar-refractivity contribution in [2.45, 2.75) is 20.5 Å². The van der Waals surface area contributed by atoms with Gasteiger partial charge >= 0.3 is 0 Å². The van der Waals surface area contributed by atoms with Crippen LogP contribution in [-0.2, 0) is 6.61 Å². The van der Waals surface area contributed by atoms with Crippen LogP contribution in [0.15, 0.2) is 60.8 Å². The van der Waals surface area contributed by atoms with E-state index in [0.29, 0.717) is 6.61 Å². The number of benzene rings is 2. The summed E-state index contributed by atoms with van der Waals surface area (Å²) in [6.07, 6.45) is 1.95. The molecule has 106 valence electrons. The van der Waals surface area contributed by atoms with Crippen molar-refractivity contribution in [1.29, 1.82) is 0 Å². The summed E-state index contributed by atoms with van der Waals surface area (Å²) in [5, 5.41) is 4.53. The van der Waals surface area contributed by atoms with Crippen LogP contribution in [0.25, 0.3) is 5.69 Å². The number of rotatable bonds is 4. The molecule has 3 heteroatoms. The molecule has 21 heavy (non-hydrogen) atoms. The molecule has 0 aliphatic carbocycles. The normalized spacial score (nSPS) is 10.6. The molecular formula is C18H18N2O. The van der Waals surface area contributed by atoms with Gasteiger partial charge in [0.1, 0.15) is 18.1 Å². The molecule has 0 aliphatic heterocycles. The van der Waals surface area contributed by atoms with Crippen LogP contribution in [0.1, 0.15) is 16.8 Å². The molecule has 0 atom stereocenters. The third kappa shape index (κ3) is 3.14. The first-order chi connectivity index (χ1) is 10.2. The van der Waals surface area contributed by atoms with Gasteiger partial charge in [-0.3, -0.25) is 0 Å². The van der Waals surface area contributed by atoms with Crippen LogP contribution < -0.4 is 4.74 Å². The van der Waals surface area contributed by atoms with E-state index in [1.165, 1.54) is 5.56 Å². The average molecular weight is 278 g/mol. The van der Waals surface area contributed by atoms with E-state index in [9.17, 15) is 0 Å². The van der Waals surface area contributed by atoms with Crippen molar-refractivity contribution in [1.82, 2.24) is 9.78 Å². The quantitative estimate of drug-likeness (QED) is 0.719. The topological polar surface area (TPSA) is 27.1 Å². The second-order valence-corrected chi connectivity index (χ2v) is 5.14. The Morgan fingerprint density at radius 3 is 2.57 bits per heavy atom. The maximum absolute atomic E-state index is 5.85. The van der Waals surface area contributed by atoms with Crippen molar-refractivity contribution in [3.05, 3.63) is 77.6 Å². The maximum atomic E-state index is 5.85. The van der Waals surface area contributed by atoms with E-state index in [0.717, 1.165) is 22.7 Å². The molecular weight excluding hydrogens is 260 g/mol. The van der Waals surface area contributed by atoms with Gasteiger partial charge in [0.15, 0.2) is 0 Å². The molecule has 1 heterocycles. The van der Waals surface area contributed by atoms with Crippen LogP contribution in [0.2, 0.25) is 0 Å². The highest BCUT2D eigenvalue weighted by Gasteiger charge is 2.04. The molecule has 0 unspecified atom stereocenters. The first-order valence-electron chi connectivity index (χ1n) is 7.02. The first-order valence-corrected chi connectivity index (χ1v) is 7.02. The fourth-order valence-electron chi connectivity index (χ4n) is 2.28. The van der Waals surface area contributed by atoms with Gasteiger partial charge in [-0.05, 0) is 43.7 Å². The third-order valence-electron chi connectivity index (χ3n) is 3.37. The Morgan fingerprint density at radius 2 is 1.81 bits per heavy atom. The van der Waals surface area contributed by atoms with Crippen molar-refractivity contribution >= 4 is 0 Å². The van der Waals surface area contributed by atoms with Crippen molar-refractivity contribution in [2.75, 3.05) is 0 Å². The fourth-order valence-corrected chi connectivity index (χ4v) is 2.28. The van der Waals surface area contributed by atoms with Gasteiger partial charge in [0.05, 0.1) is 5.69 Å². The summed E-state index contributed by atoms with van der Waals surface area (Å²) < 4.78 is 7.71. The predicted molar refractivity (Wildman–Crippen MR) is 83.8 cm³/mol. The SMILES string of the molecule is Cc1ccc(OCc2ccn(-c3ccccc3)n2)c(C)c1. The number of aryl methyl sites for hydroxylation is 2. The van der Waals surface area contributed by atoms with E-state index in [2.05, 4.69) is 31.1 Å². The van der Waals surface area contributed by atoms with Gasteiger partial charge in [-0.2, -0.15) is 5.10 Å². The van der Waals surface area contributed by atoms with E-state index in [1.54, 1.807) is 0 Å². The number of ether oxygens (including phenoxy) is 1. The molecule has 3 nitrogen and oxygen atoms in total. The Balaban J connectivity index is 1.70. The first kappa shape index (κ1) is 13.4. The zero-order valence-corrected chi connectivity index (χ0v) is 12.3. The largest absolute Gasteiger partial charge is 0.487 e. The van der Waals surface area contributed by atoms with E-state index in [4.69, 9.17) is 4.74 Å². The van der Waals surface area contributed by atoms with Gasteiger partial charge in [0.25, 0.3) is 0 Å². The van der Waals surface area contributed by atoms with Crippen molar-refractivity contribution in [3.63, 3.8) is 0 Å². The van der Waals surface area contributed by atoms with Gasteiger partial charge in [0.2, 0.25) is 0 Å². The lowest BCUT2D eigenvalue weighted by Crippen LogP contribution is -2.00. The smallest absolute Gasteiger partial charge is 0.132 e. The lowest BCUT2D eigenvalue weighted by molar-refractivity contribution is 0.298. The van der Waals surface area contributed by atoms with Crippen LogP contribution in [-0.4, -0.2) is 9.78 Å². The molecule has 2 aromatic carbocycles. The molecule has 0 saturated heterocycles. The highest BCUT2D eigenvalue weighted by molar-refractivity contribution is 5.36. The van der Waals surface area contributed by atoms with Gasteiger partial charge in [-0.1, -0.05) is 35.9 Å². The third-order valence-corrected chi connectivity index (χ3v) is 3.37. The number of hydrogen-bond donors (Lipinski definition) is 0. The lowest BCUT2D eigenvalue weighted by atomic mass is 10.1. The summed E-state index contributed by atoms with van der Waals surface area (Å²) in [4.78, 5) is 0. The average Bonchev–Trinajstić information content (AvgIpc) is 2.96. The van der Waals surface area contributed by atoms with E-state index in [1.807, 2.05) is 53.3 Å². The molecule has 0 spiro atoms. The molecule has 3 aromatic rings. The second kappa shape index (κ2) is 5.83. The summed E-state index contributed by atoms with van der Waals surface area (Å²) in [5.74, 6) is 0.912. The van der Waals surface area contributed by atoms with Crippen LogP contribution in [0, 0.1) is 13.8 Å². The highest BCUT2D eigenvalue weighted by atomic mass is 16.5. The molecule has 0 aliphatic rings. The summed E-state index contributed by atoms with van der Waals surface area (Å²) in [6, 6.07) is 18.2. The molecule has 0 radical (unpaired) electrons. The van der Waals surface area contributed by atoms with Crippen molar-refractivity contribution in [2.24, 2.45) is 0 Å². The van der Waals surface area contributed by atoms with Crippen LogP contribution in [0.4, 0.5) is 0 Å². The summed E-state index contributed by atoms with van der Waals surface area (Å²) in [7, 11) is 0. The van der Waals surface area contributed by atoms with Gasteiger partial charge in [-0.25, -0.2) is 4.68 Å². The Bertz CT molecular complexity index is 732. The van der Waals surface area contributed by atoms with E-state index in [-0.39, 0.29) is 0 Å². The Hall–Kier alpha value is -2.55. The van der Waals surface area contributed by atoms with Gasteiger partial charge < -0.3 is 4.74 Å². The van der Waals surface area contributed by atoms with Gasteiger partial charge in [0, 0.05) is 6.20 Å². The van der Waals surface area contributed by atoms with Gasteiger partial charge in [-0.15, -0.1) is 0 Å². The highest BCUT2D eigenvalue weighted by Crippen LogP contribution is 2.19. The van der Waals surface area contributed by atoms with E-state index < -0.39 is 0 Å². The standard InChI is InChI=1S/C18H18N2O/c1-14-8-9-18(15(2)12-14)21-13-16-10-11-20(19-16)17-6-4-3-5-7-17/h3-12H,13H2,1-2H3. The van der Waals surface area contributed by atoms with Crippen molar-refractivity contribution < 1.29 is 4.74 Å². The second-order valence-electron chi connectivity index (χ2n) is 5.14. The van der Waals surface area contributed by atoms with Crippen LogP contribution in [0.3, 0.4) is 0 Å². The molecule has 0 bridgehead atoms. The zero-order chi connectivity index (χ0) is 14.7. The molecule has 0 saturated carbocycles. The maximum Gasteiger partial charge on any atom is 0.132 e. The summed E-state index contributed by atoms with van der Waals surface area (Å²) >= 11 is 0. The monoisotopic (exact) mass is 278 g/mol. The number of para-hydroxylation sites is 1. The number of aromatic nitrogens is 2. The summed E-state index contributed by atoms with van der Waals surface area (Å²) in [6.45, 7) is 4.62. The minimum Gasteiger partial charge on any atom is -0.487 e. The Labute approximate surface area is 124 Å². The van der Waals surface area contributed by atoms with E-state index >= 15 is 0 Å². The Kier molecular flexibility index (Phi) is 3.73.